The van der Waals surface area contributed by atoms with E-state index in [1.165, 1.54) is 22.9 Å². The van der Waals surface area contributed by atoms with E-state index in [4.69, 9.17) is 9.72 Å². The fourth-order valence-electron chi connectivity index (χ4n) is 3.97. The molecule has 1 heterocycles. The van der Waals surface area contributed by atoms with Crippen molar-refractivity contribution in [3.8, 4) is 0 Å². The van der Waals surface area contributed by atoms with Crippen LogP contribution in [0.1, 0.15) is 41.3 Å². The molecule has 1 aliphatic carbocycles. The van der Waals surface area contributed by atoms with E-state index < -0.39 is 0 Å². The predicted molar refractivity (Wildman–Crippen MR) is 121 cm³/mol. The Kier molecular flexibility index (Phi) is 6.35. The van der Waals surface area contributed by atoms with Crippen LogP contribution in [-0.2, 0) is 24.1 Å². The fraction of sp³-hybridized carbons (Fsp3) is 0.375. The molecule has 1 atom stereocenters. The van der Waals surface area contributed by atoms with Gasteiger partial charge in [-0.3, -0.25) is 14.2 Å². The molecular weight excluding hydrogens is 396 g/mol. The van der Waals surface area contributed by atoms with Crippen LogP contribution < -0.4 is 5.56 Å². The number of hydrogen-bond acceptors (Lipinski definition) is 5. The van der Waals surface area contributed by atoms with E-state index in [1.807, 2.05) is 37.3 Å². The summed E-state index contributed by atoms with van der Waals surface area (Å²) < 4.78 is 6.83. The Hall–Kier alpha value is -2.44. The first-order valence-corrected chi connectivity index (χ1v) is 11.3. The van der Waals surface area contributed by atoms with E-state index in [0.717, 1.165) is 24.8 Å². The second-order valence-corrected chi connectivity index (χ2v) is 8.98. The van der Waals surface area contributed by atoms with Crippen molar-refractivity contribution in [3.05, 3.63) is 69.5 Å². The van der Waals surface area contributed by atoms with Crippen molar-refractivity contribution in [1.29, 1.82) is 0 Å². The Morgan fingerprint density at radius 3 is 2.83 bits per heavy atom. The van der Waals surface area contributed by atoms with Crippen LogP contribution in [0.3, 0.4) is 0 Å². The van der Waals surface area contributed by atoms with Crippen molar-refractivity contribution in [1.82, 2.24) is 9.55 Å². The lowest BCUT2D eigenvalue weighted by Gasteiger charge is -2.16. The van der Waals surface area contributed by atoms with Crippen LogP contribution in [0.25, 0.3) is 10.9 Å². The van der Waals surface area contributed by atoms with Crippen LogP contribution in [0.15, 0.2) is 52.4 Å². The average Bonchev–Trinajstić information content (AvgIpc) is 3.23. The van der Waals surface area contributed by atoms with Crippen LogP contribution in [0.5, 0.6) is 0 Å². The molecule has 0 fully saturated rings. The number of carbonyl (C=O) groups is 1. The molecule has 1 aliphatic rings. The van der Waals surface area contributed by atoms with Gasteiger partial charge in [-0.25, -0.2) is 4.98 Å². The molecule has 0 saturated heterocycles. The molecule has 156 valence electrons. The highest BCUT2D eigenvalue weighted by Crippen LogP contribution is 2.28. The molecule has 1 unspecified atom stereocenters. The number of rotatable bonds is 8. The number of aryl methyl sites for hydroxylation is 2. The Bertz CT molecular complexity index is 1140. The monoisotopic (exact) mass is 422 g/mol. The summed E-state index contributed by atoms with van der Waals surface area (Å²) in [7, 11) is 1.65. The fourth-order valence-corrected chi connectivity index (χ4v) is 4.99. The van der Waals surface area contributed by atoms with Gasteiger partial charge in [0.15, 0.2) is 10.9 Å². The molecule has 5 nitrogen and oxygen atoms in total. The number of methoxy groups -OCH3 is 1. The summed E-state index contributed by atoms with van der Waals surface area (Å²) in [5.41, 5.74) is 3.97. The number of hydrogen-bond donors (Lipinski definition) is 0. The summed E-state index contributed by atoms with van der Waals surface area (Å²) in [6, 6.07) is 13.4. The number of nitrogens with zero attached hydrogens (tertiary/aromatic N) is 2. The van der Waals surface area contributed by atoms with Crippen LogP contribution >= 0.6 is 11.8 Å². The van der Waals surface area contributed by atoms with E-state index in [0.29, 0.717) is 35.6 Å². The molecule has 2 aromatic carbocycles. The maximum absolute atomic E-state index is 13.1. The van der Waals surface area contributed by atoms with Crippen molar-refractivity contribution < 1.29 is 9.53 Å². The maximum atomic E-state index is 13.1. The SMILES string of the molecule is COCCCn1c(SC(C)C(=O)c2ccc3c(c2)CCC3)nc2ccccc2c1=O. The number of fused-ring (bicyclic) bond motifs is 2. The number of thioether (sulfide) groups is 1. The number of benzene rings is 2. The van der Waals surface area contributed by atoms with Gasteiger partial charge in [0.1, 0.15) is 0 Å². The lowest BCUT2D eigenvalue weighted by molar-refractivity contribution is 0.0993. The molecule has 0 radical (unpaired) electrons. The zero-order valence-electron chi connectivity index (χ0n) is 17.4. The van der Waals surface area contributed by atoms with E-state index in [1.54, 1.807) is 17.7 Å². The maximum Gasteiger partial charge on any atom is 0.262 e. The standard InChI is InChI=1S/C24H26N2O3S/c1-16(22(27)19-12-11-17-7-5-8-18(17)15-19)30-24-25-21-10-4-3-9-20(21)23(28)26(24)13-6-14-29-2/h3-4,9-12,15-16H,5-8,13-14H2,1-2H3. The van der Waals surface area contributed by atoms with E-state index in [2.05, 4.69) is 6.07 Å². The lowest BCUT2D eigenvalue weighted by Crippen LogP contribution is -2.25. The van der Waals surface area contributed by atoms with Gasteiger partial charge in [0.05, 0.1) is 16.2 Å². The molecule has 0 N–H and O–H groups in total. The third-order valence-electron chi connectivity index (χ3n) is 5.59. The van der Waals surface area contributed by atoms with Gasteiger partial charge >= 0.3 is 0 Å². The van der Waals surface area contributed by atoms with Crippen molar-refractivity contribution in [2.24, 2.45) is 0 Å². The molecule has 6 heteroatoms. The summed E-state index contributed by atoms with van der Waals surface area (Å²) in [5, 5.41) is 0.833. The molecule has 3 aromatic rings. The normalized spacial score (nSPS) is 14.1. The number of aromatic nitrogens is 2. The third-order valence-corrected chi connectivity index (χ3v) is 6.68. The highest BCUT2D eigenvalue weighted by atomic mass is 32.2. The average molecular weight is 423 g/mol. The van der Waals surface area contributed by atoms with Gasteiger partial charge in [0.25, 0.3) is 5.56 Å². The topological polar surface area (TPSA) is 61.2 Å². The minimum atomic E-state index is -0.341. The number of carbonyl (C=O) groups excluding carboxylic acids is 1. The van der Waals surface area contributed by atoms with E-state index in [9.17, 15) is 9.59 Å². The largest absolute Gasteiger partial charge is 0.385 e. The van der Waals surface area contributed by atoms with Crippen molar-refractivity contribution >= 4 is 28.4 Å². The molecule has 0 spiro atoms. The highest BCUT2D eigenvalue weighted by Gasteiger charge is 2.22. The number of ether oxygens (including phenoxy) is 1. The second-order valence-electron chi connectivity index (χ2n) is 7.68. The van der Waals surface area contributed by atoms with Gasteiger partial charge in [0, 0.05) is 25.8 Å². The number of ketones is 1. The van der Waals surface area contributed by atoms with Crippen LogP contribution in [-0.4, -0.2) is 34.3 Å². The molecule has 0 bridgehead atoms. The predicted octanol–water partition coefficient (Wildman–Crippen LogP) is 4.29. The minimum absolute atomic E-state index is 0.0700. The van der Waals surface area contributed by atoms with Crippen LogP contribution in [0.2, 0.25) is 0 Å². The van der Waals surface area contributed by atoms with Crippen LogP contribution in [0, 0.1) is 0 Å². The molecule has 1 aromatic heterocycles. The Labute approximate surface area is 180 Å². The molecule has 0 aliphatic heterocycles. The first-order chi connectivity index (χ1) is 14.6. The number of para-hydroxylation sites is 1. The van der Waals surface area contributed by atoms with Crippen LogP contribution in [0.4, 0.5) is 0 Å². The summed E-state index contributed by atoms with van der Waals surface area (Å²) >= 11 is 1.35. The van der Waals surface area contributed by atoms with Gasteiger partial charge in [0.2, 0.25) is 0 Å². The lowest BCUT2D eigenvalue weighted by atomic mass is 10.0. The van der Waals surface area contributed by atoms with Gasteiger partial charge in [-0.2, -0.15) is 0 Å². The van der Waals surface area contributed by atoms with Gasteiger partial charge in [-0.05, 0) is 61.9 Å². The quantitative estimate of drug-likeness (QED) is 0.235. The van der Waals surface area contributed by atoms with E-state index in [-0.39, 0.29) is 16.6 Å². The van der Waals surface area contributed by atoms with E-state index >= 15 is 0 Å². The number of Topliss-reactive ketones (excluding diaryl/α,β-unsaturated/α-hetero) is 1. The minimum Gasteiger partial charge on any atom is -0.385 e. The first-order valence-electron chi connectivity index (χ1n) is 10.4. The summed E-state index contributed by atoms with van der Waals surface area (Å²) in [4.78, 5) is 30.9. The van der Waals surface area contributed by atoms with Crippen molar-refractivity contribution in [3.63, 3.8) is 0 Å². The van der Waals surface area contributed by atoms with Crippen molar-refractivity contribution in [2.45, 2.75) is 49.6 Å². The third kappa shape index (κ3) is 4.20. The summed E-state index contributed by atoms with van der Waals surface area (Å²) in [6.45, 7) is 2.96. The smallest absolute Gasteiger partial charge is 0.262 e. The molecule has 0 saturated carbocycles. The molecule has 30 heavy (non-hydrogen) atoms. The van der Waals surface area contributed by atoms with Gasteiger partial charge in [-0.1, -0.05) is 36.0 Å². The summed E-state index contributed by atoms with van der Waals surface area (Å²) in [5.74, 6) is 0.0700. The Balaban J connectivity index is 1.63. The summed E-state index contributed by atoms with van der Waals surface area (Å²) in [6.07, 6.45) is 4.01. The second kappa shape index (κ2) is 9.14. The molecule has 0 amide bonds. The highest BCUT2D eigenvalue weighted by molar-refractivity contribution is 8.00. The Morgan fingerprint density at radius 1 is 1.20 bits per heavy atom. The first kappa shape index (κ1) is 20.8. The Morgan fingerprint density at radius 2 is 2.00 bits per heavy atom. The zero-order chi connectivity index (χ0) is 21.1. The van der Waals surface area contributed by atoms with Gasteiger partial charge in [-0.15, -0.1) is 0 Å². The molecular formula is C24H26N2O3S. The van der Waals surface area contributed by atoms with Gasteiger partial charge < -0.3 is 4.74 Å². The van der Waals surface area contributed by atoms with Crippen molar-refractivity contribution in [2.75, 3.05) is 13.7 Å². The zero-order valence-corrected chi connectivity index (χ0v) is 18.2. The molecule has 4 rings (SSSR count).